The Hall–Kier alpha value is -3.19. The molecule has 0 bridgehead atoms. The molecule has 1 aliphatic rings. The van der Waals surface area contributed by atoms with E-state index in [0.717, 1.165) is 11.1 Å². The van der Waals surface area contributed by atoms with Crippen LogP contribution in [0, 0.1) is 19.8 Å². The molecule has 7 heteroatoms. The Bertz CT molecular complexity index is 982. The van der Waals surface area contributed by atoms with Crippen LogP contribution in [0.15, 0.2) is 48.5 Å². The Labute approximate surface area is 201 Å². The van der Waals surface area contributed by atoms with Crippen molar-refractivity contribution in [2.45, 2.75) is 39.2 Å². The van der Waals surface area contributed by atoms with E-state index in [2.05, 4.69) is 10.6 Å². The Balaban J connectivity index is 1.67. The summed E-state index contributed by atoms with van der Waals surface area (Å²) >= 11 is 0. The van der Waals surface area contributed by atoms with E-state index in [-0.39, 0.29) is 23.6 Å². The van der Waals surface area contributed by atoms with Gasteiger partial charge in [0.25, 0.3) is 11.8 Å². The van der Waals surface area contributed by atoms with Gasteiger partial charge >= 0.3 is 0 Å². The van der Waals surface area contributed by atoms with Crippen molar-refractivity contribution in [1.29, 1.82) is 0 Å². The van der Waals surface area contributed by atoms with Gasteiger partial charge in [0.15, 0.2) is 0 Å². The van der Waals surface area contributed by atoms with Crippen molar-refractivity contribution in [3.05, 3.63) is 70.8 Å². The first-order valence-electron chi connectivity index (χ1n) is 11.9. The molecule has 7 nitrogen and oxygen atoms in total. The fourth-order valence-electron chi connectivity index (χ4n) is 4.30. The zero-order chi connectivity index (χ0) is 24.5. The topological polar surface area (TPSA) is 87.7 Å². The molecule has 0 radical (unpaired) electrons. The van der Waals surface area contributed by atoms with Crippen LogP contribution >= 0.6 is 0 Å². The zero-order valence-electron chi connectivity index (χ0n) is 20.3. The second kappa shape index (κ2) is 12.3. The number of nitrogens with zero attached hydrogens (tertiary/aromatic N) is 1. The molecule has 1 atom stereocenters. The number of methoxy groups -OCH3 is 1. The summed E-state index contributed by atoms with van der Waals surface area (Å²) in [5.41, 5.74) is 3.20. The van der Waals surface area contributed by atoms with Gasteiger partial charge in [-0.3, -0.25) is 14.4 Å². The Morgan fingerprint density at radius 2 is 1.71 bits per heavy atom. The largest absolute Gasteiger partial charge is 0.385 e. The minimum Gasteiger partial charge on any atom is -0.385 e. The number of amides is 3. The number of carbonyl (C=O) groups excluding carboxylic acids is 3. The van der Waals surface area contributed by atoms with Crippen LogP contribution < -0.4 is 10.6 Å². The molecule has 2 aromatic rings. The second-order valence-electron chi connectivity index (χ2n) is 8.90. The summed E-state index contributed by atoms with van der Waals surface area (Å²) in [5, 5.41) is 5.92. The summed E-state index contributed by atoms with van der Waals surface area (Å²) in [4.78, 5) is 40.8. The average molecular weight is 466 g/mol. The lowest BCUT2D eigenvalue weighted by atomic mass is 9.88. The first kappa shape index (κ1) is 25.4. The van der Waals surface area contributed by atoms with E-state index in [0.29, 0.717) is 56.6 Å². The van der Waals surface area contributed by atoms with Crippen molar-refractivity contribution in [3.63, 3.8) is 0 Å². The van der Waals surface area contributed by atoms with E-state index >= 15 is 0 Å². The fraction of sp³-hybridized carbons (Fsp3) is 0.444. The number of hydrogen-bond donors (Lipinski definition) is 2. The van der Waals surface area contributed by atoms with Gasteiger partial charge in [-0.05, 0) is 62.8 Å². The fourth-order valence-corrected chi connectivity index (χ4v) is 4.30. The van der Waals surface area contributed by atoms with Gasteiger partial charge in [-0.25, -0.2) is 0 Å². The molecule has 0 spiro atoms. The minimum atomic E-state index is -0.661. The van der Waals surface area contributed by atoms with Crippen LogP contribution in [-0.4, -0.2) is 62.0 Å². The molecule has 0 aromatic heterocycles. The maximum Gasteiger partial charge on any atom is 0.253 e. The van der Waals surface area contributed by atoms with Gasteiger partial charge in [-0.2, -0.15) is 0 Å². The lowest BCUT2D eigenvalue weighted by Crippen LogP contribution is -2.54. The molecular weight excluding hydrogens is 430 g/mol. The van der Waals surface area contributed by atoms with Crippen molar-refractivity contribution in [3.8, 4) is 0 Å². The monoisotopic (exact) mass is 465 g/mol. The van der Waals surface area contributed by atoms with Crippen molar-refractivity contribution >= 4 is 17.7 Å². The number of nitrogens with one attached hydrogen (secondary N) is 2. The second-order valence-corrected chi connectivity index (χ2v) is 8.90. The molecule has 2 N–H and O–H groups in total. The normalized spacial score (nSPS) is 15.0. The van der Waals surface area contributed by atoms with Crippen LogP contribution in [0.3, 0.4) is 0 Å². The van der Waals surface area contributed by atoms with Crippen molar-refractivity contribution in [1.82, 2.24) is 15.5 Å². The summed E-state index contributed by atoms with van der Waals surface area (Å²) in [5.74, 6) is -0.505. The molecule has 0 aliphatic carbocycles. The summed E-state index contributed by atoms with van der Waals surface area (Å²) in [6, 6.07) is 14.3. The van der Waals surface area contributed by atoms with Crippen LogP contribution in [0.4, 0.5) is 0 Å². The van der Waals surface area contributed by atoms with Gasteiger partial charge in [-0.15, -0.1) is 0 Å². The van der Waals surface area contributed by atoms with Crippen molar-refractivity contribution in [2.24, 2.45) is 5.92 Å². The summed E-state index contributed by atoms with van der Waals surface area (Å²) in [6.45, 7) is 6.00. The van der Waals surface area contributed by atoms with Crippen LogP contribution in [0.5, 0.6) is 0 Å². The molecule has 1 heterocycles. The predicted octanol–water partition coefficient (Wildman–Crippen LogP) is 3.11. The minimum absolute atomic E-state index is 0.00274. The molecular formula is C27H35N3O4. The maximum absolute atomic E-state index is 13.1. The van der Waals surface area contributed by atoms with E-state index in [1.54, 1.807) is 13.2 Å². The van der Waals surface area contributed by atoms with Gasteiger partial charge in [0.05, 0.1) is 0 Å². The van der Waals surface area contributed by atoms with E-state index < -0.39 is 6.04 Å². The highest BCUT2D eigenvalue weighted by atomic mass is 16.5. The quantitative estimate of drug-likeness (QED) is 0.557. The summed E-state index contributed by atoms with van der Waals surface area (Å²) < 4.78 is 5.05. The number of hydrogen-bond acceptors (Lipinski definition) is 4. The molecule has 34 heavy (non-hydrogen) atoms. The molecule has 0 unspecified atom stereocenters. The molecule has 1 aliphatic heterocycles. The van der Waals surface area contributed by atoms with Crippen LogP contribution in [0.2, 0.25) is 0 Å². The zero-order valence-corrected chi connectivity index (χ0v) is 20.3. The summed E-state index contributed by atoms with van der Waals surface area (Å²) in [6.07, 6.45) is 1.98. The van der Waals surface area contributed by atoms with Gasteiger partial charge in [0.2, 0.25) is 5.91 Å². The molecule has 1 fully saturated rings. The lowest BCUT2D eigenvalue weighted by molar-refractivity contribution is -0.124. The third-order valence-electron chi connectivity index (χ3n) is 6.38. The molecule has 3 amide bonds. The highest BCUT2D eigenvalue weighted by Gasteiger charge is 2.34. The number of likely N-dealkylation sites (tertiary alicyclic amines) is 1. The van der Waals surface area contributed by atoms with Gasteiger partial charge in [0, 0.05) is 44.5 Å². The van der Waals surface area contributed by atoms with Crippen LogP contribution in [0.25, 0.3) is 0 Å². The van der Waals surface area contributed by atoms with Crippen LogP contribution in [0.1, 0.15) is 51.1 Å². The Morgan fingerprint density at radius 3 is 2.35 bits per heavy atom. The number of aryl methyl sites for hydroxylation is 2. The van der Waals surface area contributed by atoms with Gasteiger partial charge < -0.3 is 20.3 Å². The smallest absolute Gasteiger partial charge is 0.253 e. The maximum atomic E-state index is 13.1. The van der Waals surface area contributed by atoms with E-state index in [4.69, 9.17) is 4.74 Å². The molecule has 1 saturated heterocycles. The number of piperidine rings is 1. The average Bonchev–Trinajstić information content (AvgIpc) is 2.85. The SMILES string of the molecule is COCCCNC(=O)[C@H](NC(=O)c1ccccc1C)C1CCN(C(=O)c2ccc(C)cc2)CC1. The van der Waals surface area contributed by atoms with Crippen molar-refractivity contribution < 1.29 is 19.1 Å². The highest BCUT2D eigenvalue weighted by molar-refractivity contribution is 5.98. The van der Waals surface area contributed by atoms with E-state index in [1.165, 1.54) is 0 Å². The third-order valence-corrected chi connectivity index (χ3v) is 6.38. The number of carbonyl (C=O) groups is 3. The van der Waals surface area contributed by atoms with Crippen LogP contribution in [-0.2, 0) is 9.53 Å². The van der Waals surface area contributed by atoms with E-state index in [9.17, 15) is 14.4 Å². The molecule has 182 valence electrons. The molecule has 2 aromatic carbocycles. The van der Waals surface area contributed by atoms with Gasteiger partial charge in [0.1, 0.15) is 6.04 Å². The Kier molecular flexibility index (Phi) is 9.22. The number of rotatable bonds is 9. The first-order valence-corrected chi connectivity index (χ1v) is 11.9. The standard InChI is InChI=1S/C27H35N3O4/c1-19-9-11-22(12-10-19)27(33)30-16-13-21(14-17-30)24(26(32)28-15-6-18-34-3)29-25(31)23-8-5-4-7-20(23)2/h4-5,7-12,21,24H,6,13-18H2,1-3H3,(H,28,32)(H,29,31)/t24-/m1/s1. The number of benzene rings is 2. The number of ether oxygens (including phenoxy) is 1. The molecule has 0 saturated carbocycles. The third kappa shape index (κ3) is 6.67. The lowest BCUT2D eigenvalue weighted by Gasteiger charge is -2.36. The summed E-state index contributed by atoms with van der Waals surface area (Å²) in [7, 11) is 1.62. The van der Waals surface area contributed by atoms with Crippen molar-refractivity contribution in [2.75, 3.05) is 33.4 Å². The first-order chi connectivity index (χ1) is 16.4. The van der Waals surface area contributed by atoms with Gasteiger partial charge in [-0.1, -0.05) is 35.9 Å². The molecule has 3 rings (SSSR count). The Morgan fingerprint density at radius 1 is 1.03 bits per heavy atom. The highest BCUT2D eigenvalue weighted by Crippen LogP contribution is 2.23. The van der Waals surface area contributed by atoms with E-state index in [1.807, 2.05) is 61.2 Å². The predicted molar refractivity (Wildman–Crippen MR) is 132 cm³/mol.